The van der Waals surface area contributed by atoms with Gasteiger partial charge in [0.25, 0.3) is 5.19 Å². The highest BCUT2D eigenvalue weighted by Crippen LogP contribution is 2.36. The Labute approximate surface area is 250 Å². The van der Waals surface area contributed by atoms with E-state index in [0.717, 1.165) is 5.56 Å². The van der Waals surface area contributed by atoms with Gasteiger partial charge in [-0.05, 0) is 30.3 Å². The molecule has 6 rings (SSSR count). The fourth-order valence-corrected chi connectivity index (χ4v) is 5.24. The van der Waals surface area contributed by atoms with Crippen LogP contribution in [0.15, 0.2) is 73.0 Å². The minimum absolute atomic E-state index is 0.0445. The van der Waals surface area contributed by atoms with Crippen molar-refractivity contribution in [3.8, 4) is 33.8 Å². The van der Waals surface area contributed by atoms with Gasteiger partial charge in [0.05, 0.1) is 42.8 Å². The maximum atomic E-state index is 15.2. The molecule has 13 heteroatoms. The van der Waals surface area contributed by atoms with Crippen molar-refractivity contribution < 1.29 is 23.4 Å². The summed E-state index contributed by atoms with van der Waals surface area (Å²) >= 11 is 1.29. The standard InChI is InChI=1S/C30H26FN7O4S/c1-4-28(39)38-13-18(14-38)35-24-10-20-23(11-26(24)40-2)33-16-34-29(20)36-22-7-6-19(9-21(22)31)42-30-37-25(15-43-30)17-5-8-27(41-3)32-12-17/h4-12,15-16,18,35H,1,13-14H2,2-3H3,(H,33,34,36). The van der Waals surface area contributed by atoms with Crippen molar-refractivity contribution in [1.29, 1.82) is 0 Å². The summed E-state index contributed by atoms with van der Waals surface area (Å²) in [7, 11) is 3.13. The Kier molecular flexibility index (Phi) is 7.71. The van der Waals surface area contributed by atoms with Crippen molar-refractivity contribution in [1.82, 2.24) is 24.8 Å². The number of likely N-dealkylation sites (tertiary alicyclic amines) is 1. The SMILES string of the molecule is C=CC(=O)N1CC(Nc2cc3c(Nc4ccc(Oc5nc(-c6ccc(OC)nc6)cs5)cc4F)ncnc3cc2OC)C1. The van der Waals surface area contributed by atoms with Gasteiger partial charge in [0.1, 0.15) is 29.5 Å². The normalized spacial score (nSPS) is 12.9. The highest BCUT2D eigenvalue weighted by Gasteiger charge is 2.30. The molecule has 1 saturated heterocycles. The van der Waals surface area contributed by atoms with Crippen LogP contribution in [0.4, 0.5) is 21.6 Å². The predicted octanol–water partition coefficient (Wildman–Crippen LogP) is 5.65. The van der Waals surface area contributed by atoms with Crippen LogP contribution in [0.5, 0.6) is 22.6 Å². The van der Waals surface area contributed by atoms with Gasteiger partial charge in [0, 0.05) is 53.8 Å². The fourth-order valence-electron chi connectivity index (χ4n) is 4.54. The number of ether oxygens (including phenoxy) is 3. The van der Waals surface area contributed by atoms with Crippen LogP contribution < -0.4 is 24.8 Å². The monoisotopic (exact) mass is 599 g/mol. The number of thiazole rings is 1. The molecule has 218 valence electrons. The number of anilines is 3. The van der Waals surface area contributed by atoms with Crippen LogP contribution in [-0.4, -0.2) is 64.1 Å². The average Bonchev–Trinajstić information content (AvgIpc) is 3.48. The lowest BCUT2D eigenvalue weighted by molar-refractivity contribution is -0.129. The number of pyridine rings is 1. The molecule has 0 bridgehead atoms. The van der Waals surface area contributed by atoms with Crippen LogP contribution in [0.2, 0.25) is 0 Å². The third kappa shape index (κ3) is 5.88. The summed E-state index contributed by atoms with van der Waals surface area (Å²) in [5, 5.41) is 9.34. The molecule has 1 fully saturated rings. The van der Waals surface area contributed by atoms with Crippen LogP contribution in [0.25, 0.3) is 22.2 Å². The first-order valence-corrected chi connectivity index (χ1v) is 14.0. The number of amides is 1. The van der Waals surface area contributed by atoms with E-state index in [4.69, 9.17) is 14.2 Å². The third-order valence-corrected chi connectivity index (χ3v) is 7.52. The zero-order valence-electron chi connectivity index (χ0n) is 23.2. The smallest absolute Gasteiger partial charge is 0.279 e. The molecule has 1 amide bonds. The van der Waals surface area contributed by atoms with Gasteiger partial charge in [0.15, 0.2) is 0 Å². The molecule has 3 aromatic heterocycles. The number of carbonyl (C=O) groups is 1. The lowest BCUT2D eigenvalue weighted by Crippen LogP contribution is -2.56. The van der Waals surface area contributed by atoms with E-state index >= 15 is 4.39 Å². The molecule has 0 atom stereocenters. The topological polar surface area (TPSA) is 124 Å². The third-order valence-electron chi connectivity index (χ3n) is 6.81. The average molecular weight is 600 g/mol. The Morgan fingerprint density at radius 2 is 1.95 bits per heavy atom. The molecule has 2 aromatic carbocycles. The van der Waals surface area contributed by atoms with E-state index in [0.29, 0.717) is 63.8 Å². The highest BCUT2D eigenvalue weighted by atomic mass is 32.1. The molecule has 1 aliphatic rings. The Hall–Kier alpha value is -5.30. The summed E-state index contributed by atoms with van der Waals surface area (Å²) in [5.41, 5.74) is 3.03. The molecule has 43 heavy (non-hydrogen) atoms. The lowest BCUT2D eigenvalue weighted by atomic mass is 10.1. The van der Waals surface area contributed by atoms with Crippen molar-refractivity contribution in [3.63, 3.8) is 0 Å². The number of nitrogens with zero attached hydrogens (tertiary/aromatic N) is 5. The number of nitrogens with one attached hydrogen (secondary N) is 2. The van der Waals surface area contributed by atoms with E-state index in [2.05, 4.69) is 37.1 Å². The summed E-state index contributed by atoms with van der Waals surface area (Å²) in [4.78, 5) is 30.9. The van der Waals surface area contributed by atoms with E-state index in [9.17, 15) is 4.79 Å². The maximum absolute atomic E-state index is 15.2. The number of halogens is 1. The second-order valence-electron chi connectivity index (χ2n) is 9.54. The van der Waals surface area contributed by atoms with E-state index in [-0.39, 0.29) is 17.6 Å². The number of benzene rings is 2. The molecule has 0 unspecified atom stereocenters. The van der Waals surface area contributed by atoms with Crippen molar-refractivity contribution >= 4 is 45.3 Å². The molecule has 0 radical (unpaired) electrons. The Morgan fingerprint density at radius 3 is 2.67 bits per heavy atom. The van der Waals surface area contributed by atoms with Gasteiger partial charge in [-0.2, -0.15) is 0 Å². The molecule has 2 N–H and O–H groups in total. The van der Waals surface area contributed by atoms with E-state index < -0.39 is 5.82 Å². The molecule has 0 spiro atoms. The molecule has 0 saturated carbocycles. The van der Waals surface area contributed by atoms with Gasteiger partial charge in [0.2, 0.25) is 11.8 Å². The van der Waals surface area contributed by atoms with Gasteiger partial charge in [-0.15, -0.1) is 0 Å². The van der Waals surface area contributed by atoms with Crippen LogP contribution in [-0.2, 0) is 4.79 Å². The summed E-state index contributed by atoms with van der Waals surface area (Å²) in [5.74, 6) is 1.17. The van der Waals surface area contributed by atoms with Gasteiger partial charge in [-0.25, -0.2) is 24.3 Å². The predicted molar refractivity (Wildman–Crippen MR) is 162 cm³/mol. The summed E-state index contributed by atoms with van der Waals surface area (Å²) in [6, 6.07) is 11.8. The van der Waals surface area contributed by atoms with Crippen LogP contribution in [0, 0.1) is 5.82 Å². The van der Waals surface area contributed by atoms with Gasteiger partial charge in [-0.1, -0.05) is 17.9 Å². The summed E-state index contributed by atoms with van der Waals surface area (Å²) < 4.78 is 31.7. The van der Waals surface area contributed by atoms with E-state index in [1.807, 2.05) is 17.5 Å². The largest absolute Gasteiger partial charge is 0.495 e. The van der Waals surface area contributed by atoms with Gasteiger partial charge >= 0.3 is 0 Å². The zero-order chi connectivity index (χ0) is 29.9. The molecule has 11 nitrogen and oxygen atoms in total. The number of carbonyl (C=O) groups excluding carboxylic acids is 1. The maximum Gasteiger partial charge on any atom is 0.279 e. The number of rotatable bonds is 10. The van der Waals surface area contributed by atoms with E-state index in [1.165, 1.54) is 29.8 Å². The first-order valence-electron chi connectivity index (χ1n) is 13.1. The second-order valence-corrected chi connectivity index (χ2v) is 10.4. The van der Waals surface area contributed by atoms with Gasteiger partial charge in [-0.3, -0.25) is 4.79 Å². The molecular weight excluding hydrogens is 573 g/mol. The number of hydrogen-bond donors (Lipinski definition) is 2. The minimum atomic E-state index is -0.534. The Balaban J connectivity index is 1.18. The molecule has 5 aromatic rings. The number of methoxy groups -OCH3 is 2. The van der Waals surface area contributed by atoms with Crippen LogP contribution in [0.3, 0.4) is 0 Å². The highest BCUT2D eigenvalue weighted by molar-refractivity contribution is 7.11. The minimum Gasteiger partial charge on any atom is -0.495 e. The van der Waals surface area contributed by atoms with Crippen LogP contribution >= 0.6 is 11.3 Å². The summed E-state index contributed by atoms with van der Waals surface area (Å²) in [6.07, 6.45) is 4.36. The lowest BCUT2D eigenvalue weighted by Gasteiger charge is -2.39. The van der Waals surface area contributed by atoms with Crippen molar-refractivity contribution in [3.05, 3.63) is 78.8 Å². The fraction of sp³-hybridized carbons (Fsp3) is 0.167. The van der Waals surface area contributed by atoms with Crippen molar-refractivity contribution in [2.24, 2.45) is 0 Å². The molecule has 0 aliphatic carbocycles. The molecule has 1 aliphatic heterocycles. The molecular formula is C30H26FN7O4S. The first kappa shape index (κ1) is 27.8. The Morgan fingerprint density at radius 1 is 1.09 bits per heavy atom. The number of fused-ring (bicyclic) bond motifs is 1. The van der Waals surface area contributed by atoms with Crippen molar-refractivity contribution in [2.45, 2.75) is 6.04 Å². The van der Waals surface area contributed by atoms with Crippen LogP contribution in [0.1, 0.15) is 0 Å². The molecule has 4 heterocycles. The summed E-state index contributed by atoms with van der Waals surface area (Å²) in [6.45, 7) is 4.62. The van der Waals surface area contributed by atoms with E-state index in [1.54, 1.807) is 49.6 Å². The second kappa shape index (κ2) is 11.9. The Bertz CT molecular complexity index is 1810. The number of hydrogen-bond acceptors (Lipinski definition) is 11. The van der Waals surface area contributed by atoms with Crippen molar-refractivity contribution in [2.75, 3.05) is 37.9 Å². The quantitative estimate of drug-likeness (QED) is 0.195. The zero-order valence-corrected chi connectivity index (χ0v) is 24.0. The number of aromatic nitrogens is 4. The van der Waals surface area contributed by atoms with Gasteiger partial charge < -0.3 is 29.7 Å². The first-order chi connectivity index (χ1) is 20.9.